The molecule has 5 nitrogen and oxygen atoms in total. The van der Waals surface area contributed by atoms with Crippen LogP contribution in [0, 0.1) is 5.92 Å². The second-order valence-corrected chi connectivity index (χ2v) is 7.67. The highest BCUT2D eigenvalue weighted by Crippen LogP contribution is 2.32. The Kier molecular flexibility index (Phi) is 5.33. The van der Waals surface area contributed by atoms with Crippen LogP contribution in [0.1, 0.15) is 35.2 Å². The summed E-state index contributed by atoms with van der Waals surface area (Å²) < 4.78 is 5.25. The molecule has 2 aliphatic heterocycles. The monoisotopic (exact) mass is 378 g/mol. The molecule has 2 heterocycles. The molecule has 0 aliphatic carbocycles. The molecule has 2 fully saturated rings. The molecule has 4 rings (SSSR count). The predicted molar refractivity (Wildman–Crippen MR) is 107 cm³/mol. The minimum absolute atomic E-state index is 0.0130. The number of methoxy groups -OCH3 is 1. The predicted octanol–water partition coefficient (Wildman–Crippen LogP) is 3.35. The molecule has 0 aromatic heterocycles. The Bertz CT molecular complexity index is 852. The van der Waals surface area contributed by atoms with E-state index in [1.54, 1.807) is 13.2 Å². The lowest BCUT2D eigenvalue weighted by atomic mass is 9.98. The van der Waals surface area contributed by atoms with E-state index in [1.165, 1.54) is 0 Å². The number of nitrogens with zero attached hydrogens (tertiary/aromatic N) is 2. The second-order valence-electron chi connectivity index (χ2n) is 7.67. The van der Waals surface area contributed by atoms with Crippen LogP contribution in [0.5, 0.6) is 5.75 Å². The maximum atomic E-state index is 13.1. The van der Waals surface area contributed by atoms with Gasteiger partial charge >= 0.3 is 0 Å². The van der Waals surface area contributed by atoms with Crippen molar-refractivity contribution in [1.82, 2.24) is 9.80 Å². The first-order chi connectivity index (χ1) is 13.7. The summed E-state index contributed by atoms with van der Waals surface area (Å²) in [5, 5.41) is 0. The van der Waals surface area contributed by atoms with Gasteiger partial charge in [-0.05, 0) is 42.5 Å². The van der Waals surface area contributed by atoms with E-state index in [2.05, 4.69) is 12.1 Å². The Labute approximate surface area is 165 Å². The van der Waals surface area contributed by atoms with Crippen molar-refractivity contribution in [2.24, 2.45) is 5.92 Å². The molecule has 2 atom stereocenters. The molecule has 2 saturated heterocycles. The Hall–Kier alpha value is -2.82. The number of ether oxygens (including phenoxy) is 1. The van der Waals surface area contributed by atoms with E-state index in [0.717, 1.165) is 18.4 Å². The summed E-state index contributed by atoms with van der Waals surface area (Å²) in [7, 11) is 1.60. The summed E-state index contributed by atoms with van der Waals surface area (Å²) in [4.78, 5) is 29.8. The van der Waals surface area contributed by atoms with Crippen molar-refractivity contribution < 1.29 is 14.3 Å². The smallest absolute Gasteiger partial charge is 0.254 e. The van der Waals surface area contributed by atoms with Crippen molar-refractivity contribution >= 4 is 11.8 Å². The van der Waals surface area contributed by atoms with Crippen molar-refractivity contribution in [3.8, 4) is 5.75 Å². The number of hydrogen-bond acceptors (Lipinski definition) is 3. The third kappa shape index (κ3) is 3.75. The van der Waals surface area contributed by atoms with E-state index in [9.17, 15) is 9.59 Å². The van der Waals surface area contributed by atoms with Gasteiger partial charge in [0.1, 0.15) is 5.75 Å². The SMILES string of the molecule is COc1cccc(C(=O)N2C[C@H]3CCCC(=O)N(Cc4ccccc4)[C@H]3C2)c1. The summed E-state index contributed by atoms with van der Waals surface area (Å²) >= 11 is 0. The molecule has 2 aromatic rings. The van der Waals surface area contributed by atoms with Crippen LogP contribution in [0.15, 0.2) is 54.6 Å². The van der Waals surface area contributed by atoms with Crippen molar-refractivity contribution in [2.75, 3.05) is 20.2 Å². The third-order valence-electron chi connectivity index (χ3n) is 5.89. The van der Waals surface area contributed by atoms with Crippen LogP contribution in [0.25, 0.3) is 0 Å². The Balaban J connectivity index is 1.54. The first-order valence-corrected chi connectivity index (χ1v) is 9.92. The van der Waals surface area contributed by atoms with E-state index in [-0.39, 0.29) is 17.9 Å². The van der Waals surface area contributed by atoms with Gasteiger partial charge in [0.15, 0.2) is 0 Å². The van der Waals surface area contributed by atoms with Gasteiger partial charge in [0, 0.05) is 31.6 Å². The molecule has 2 aromatic carbocycles. The molecular formula is C23H26N2O3. The largest absolute Gasteiger partial charge is 0.497 e. The highest BCUT2D eigenvalue weighted by Gasteiger charge is 2.41. The maximum Gasteiger partial charge on any atom is 0.254 e. The van der Waals surface area contributed by atoms with Crippen molar-refractivity contribution in [1.29, 1.82) is 0 Å². The number of fused-ring (bicyclic) bond motifs is 1. The minimum atomic E-state index is 0.0130. The maximum absolute atomic E-state index is 13.1. The molecule has 2 amide bonds. The fourth-order valence-corrected chi connectivity index (χ4v) is 4.42. The van der Waals surface area contributed by atoms with Crippen LogP contribution < -0.4 is 4.74 Å². The standard InChI is InChI=1S/C23H26N2O3/c1-28-20-11-5-9-18(13-20)23(27)24-15-19-10-6-12-22(26)25(21(19)16-24)14-17-7-3-2-4-8-17/h2-5,7-9,11,13,19,21H,6,10,12,14-16H2,1H3/t19-,21+/m1/s1. The van der Waals surface area contributed by atoms with Crippen molar-refractivity contribution in [3.05, 3.63) is 65.7 Å². The number of hydrogen-bond donors (Lipinski definition) is 0. The van der Waals surface area contributed by atoms with Crippen LogP contribution in [0.3, 0.4) is 0 Å². The molecule has 5 heteroatoms. The minimum Gasteiger partial charge on any atom is -0.497 e. The third-order valence-corrected chi connectivity index (χ3v) is 5.89. The van der Waals surface area contributed by atoms with E-state index in [1.807, 2.05) is 46.2 Å². The van der Waals surface area contributed by atoms with Crippen LogP contribution in [-0.4, -0.2) is 47.9 Å². The van der Waals surface area contributed by atoms with Gasteiger partial charge in [0.25, 0.3) is 5.91 Å². The Morgan fingerprint density at radius 1 is 1.11 bits per heavy atom. The Morgan fingerprint density at radius 2 is 1.93 bits per heavy atom. The average molecular weight is 378 g/mol. The molecular weight excluding hydrogens is 352 g/mol. The van der Waals surface area contributed by atoms with Gasteiger partial charge in [-0.3, -0.25) is 9.59 Å². The molecule has 0 unspecified atom stereocenters. The molecule has 0 spiro atoms. The lowest BCUT2D eigenvalue weighted by Gasteiger charge is -2.30. The molecule has 0 bridgehead atoms. The summed E-state index contributed by atoms with van der Waals surface area (Å²) in [6.45, 7) is 1.92. The van der Waals surface area contributed by atoms with Gasteiger partial charge < -0.3 is 14.5 Å². The van der Waals surface area contributed by atoms with Gasteiger partial charge in [-0.1, -0.05) is 36.4 Å². The van der Waals surface area contributed by atoms with Gasteiger partial charge in [0.05, 0.1) is 13.2 Å². The molecule has 0 N–H and O–H groups in total. The van der Waals surface area contributed by atoms with Gasteiger partial charge in [-0.15, -0.1) is 0 Å². The van der Waals surface area contributed by atoms with Gasteiger partial charge in [-0.2, -0.15) is 0 Å². The van der Waals surface area contributed by atoms with Crippen LogP contribution in [0.4, 0.5) is 0 Å². The number of carbonyl (C=O) groups excluding carboxylic acids is 2. The zero-order valence-electron chi connectivity index (χ0n) is 16.2. The summed E-state index contributed by atoms with van der Waals surface area (Å²) in [6.07, 6.45) is 2.49. The Morgan fingerprint density at radius 3 is 2.71 bits per heavy atom. The van der Waals surface area contributed by atoms with Crippen molar-refractivity contribution in [3.63, 3.8) is 0 Å². The molecule has 146 valence electrons. The number of carbonyl (C=O) groups is 2. The van der Waals surface area contributed by atoms with Crippen LogP contribution >= 0.6 is 0 Å². The number of benzene rings is 2. The molecule has 0 radical (unpaired) electrons. The number of likely N-dealkylation sites (tertiary alicyclic amines) is 2. The lowest BCUT2D eigenvalue weighted by Crippen LogP contribution is -2.43. The highest BCUT2D eigenvalue weighted by atomic mass is 16.5. The summed E-state index contributed by atoms with van der Waals surface area (Å²) in [6, 6.07) is 17.5. The van der Waals surface area contributed by atoms with Crippen LogP contribution in [0.2, 0.25) is 0 Å². The lowest BCUT2D eigenvalue weighted by molar-refractivity contribution is -0.133. The van der Waals surface area contributed by atoms with Gasteiger partial charge in [-0.25, -0.2) is 0 Å². The summed E-state index contributed by atoms with van der Waals surface area (Å²) in [5.41, 5.74) is 1.77. The number of amides is 2. The number of rotatable bonds is 4. The first kappa shape index (κ1) is 18.5. The normalized spacial score (nSPS) is 22.0. The quantitative estimate of drug-likeness (QED) is 0.820. The first-order valence-electron chi connectivity index (χ1n) is 9.92. The molecule has 0 saturated carbocycles. The van der Waals surface area contributed by atoms with Crippen LogP contribution in [-0.2, 0) is 11.3 Å². The topological polar surface area (TPSA) is 49.9 Å². The molecule has 2 aliphatic rings. The average Bonchev–Trinajstić information content (AvgIpc) is 3.10. The fraction of sp³-hybridized carbons (Fsp3) is 0.391. The summed E-state index contributed by atoms with van der Waals surface area (Å²) in [5.74, 6) is 1.23. The van der Waals surface area contributed by atoms with E-state index >= 15 is 0 Å². The van der Waals surface area contributed by atoms with E-state index in [4.69, 9.17) is 4.74 Å². The fourth-order valence-electron chi connectivity index (χ4n) is 4.42. The zero-order chi connectivity index (χ0) is 19.5. The van der Waals surface area contributed by atoms with E-state index < -0.39 is 0 Å². The van der Waals surface area contributed by atoms with Gasteiger partial charge in [0.2, 0.25) is 5.91 Å². The van der Waals surface area contributed by atoms with E-state index in [0.29, 0.717) is 43.3 Å². The second kappa shape index (κ2) is 8.05. The zero-order valence-corrected chi connectivity index (χ0v) is 16.2. The van der Waals surface area contributed by atoms with Crippen molar-refractivity contribution in [2.45, 2.75) is 31.8 Å². The highest BCUT2D eigenvalue weighted by molar-refractivity contribution is 5.95. The molecule has 28 heavy (non-hydrogen) atoms.